The molecule has 39 heavy (non-hydrogen) atoms. The molecule has 2 amide bonds. The first-order valence-electron chi connectivity index (χ1n) is 13.2. The van der Waals surface area contributed by atoms with Crippen LogP contribution in [0.15, 0.2) is 72.0 Å². The van der Waals surface area contributed by atoms with Gasteiger partial charge in [0.05, 0.1) is 16.9 Å². The Morgan fingerprint density at radius 3 is 2.59 bits per heavy atom. The van der Waals surface area contributed by atoms with E-state index in [2.05, 4.69) is 72.3 Å². The Bertz CT molecular complexity index is 1550. The van der Waals surface area contributed by atoms with Crippen molar-refractivity contribution < 1.29 is 4.79 Å². The highest BCUT2D eigenvalue weighted by atomic mass is 16.2. The Hall–Kier alpha value is -4.70. The van der Waals surface area contributed by atoms with Gasteiger partial charge in [-0.1, -0.05) is 57.7 Å². The van der Waals surface area contributed by atoms with Crippen molar-refractivity contribution in [3.8, 4) is 17.5 Å². The molecule has 2 aromatic heterocycles. The molecule has 0 bridgehead atoms. The second kappa shape index (κ2) is 12.7. The average molecular weight is 519 g/mol. The fraction of sp³-hybridized carbons (Fsp3) is 0.250. The monoisotopic (exact) mass is 518 g/mol. The topological polar surface area (TPSA) is 84.2 Å². The first kappa shape index (κ1) is 27.3. The van der Waals surface area contributed by atoms with Gasteiger partial charge in [-0.2, -0.15) is 5.10 Å². The summed E-state index contributed by atoms with van der Waals surface area (Å²) in [5, 5.41) is 10.7. The summed E-state index contributed by atoms with van der Waals surface area (Å²) in [5.41, 5.74) is 7.32. The van der Waals surface area contributed by atoms with Gasteiger partial charge in [0.25, 0.3) is 0 Å². The fourth-order valence-corrected chi connectivity index (χ4v) is 4.15. The van der Waals surface area contributed by atoms with Crippen LogP contribution in [0.1, 0.15) is 67.1 Å². The minimum atomic E-state index is -0.357. The highest BCUT2D eigenvalue weighted by Gasteiger charge is 2.15. The van der Waals surface area contributed by atoms with Gasteiger partial charge in [-0.15, -0.1) is 0 Å². The molecule has 0 radical (unpaired) electrons. The molecule has 4 rings (SSSR count). The summed E-state index contributed by atoms with van der Waals surface area (Å²) in [6.07, 6.45) is 7.19. The van der Waals surface area contributed by atoms with Crippen molar-refractivity contribution in [3.05, 3.63) is 101 Å². The average Bonchev–Trinajstić information content (AvgIpc) is 3.36. The van der Waals surface area contributed by atoms with Crippen LogP contribution < -0.4 is 10.6 Å². The first-order chi connectivity index (χ1) is 18.9. The molecule has 0 spiro atoms. The Morgan fingerprint density at radius 2 is 1.85 bits per heavy atom. The third-order valence-electron chi connectivity index (χ3n) is 6.30. The number of pyridine rings is 1. The molecule has 2 N–H and O–H groups in total. The first-order valence-corrected chi connectivity index (χ1v) is 13.2. The molecule has 0 saturated heterocycles. The van der Waals surface area contributed by atoms with E-state index < -0.39 is 0 Å². The van der Waals surface area contributed by atoms with Gasteiger partial charge < -0.3 is 5.32 Å². The van der Waals surface area contributed by atoms with E-state index in [1.165, 1.54) is 5.56 Å². The second-order valence-corrected chi connectivity index (χ2v) is 9.46. The summed E-state index contributed by atoms with van der Waals surface area (Å²) >= 11 is 0. The number of nitrogens with zero attached hydrogens (tertiary/aromatic N) is 4. The van der Waals surface area contributed by atoms with Crippen LogP contribution in [0.2, 0.25) is 0 Å². The van der Waals surface area contributed by atoms with Crippen molar-refractivity contribution >= 4 is 23.8 Å². The predicted octanol–water partition coefficient (Wildman–Crippen LogP) is 6.61. The number of urea groups is 1. The number of carbonyl (C=O) groups is 1. The minimum Gasteiger partial charge on any atom is -0.308 e. The van der Waals surface area contributed by atoms with Crippen LogP contribution in [-0.2, 0) is 12.8 Å². The number of amides is 2. The van der Waals surface area contributed by atoms with Crippen LogP contribution in [0.4, 0.5) is 16.3 Å². The van der Waals surface area contributed by atoms with Crippen molar-refractivity contribution in [2.75, 3.05) is 17.7 Å². The van der Waals surface area contributed by atoms with Gasteiger partial charge in [0, 0.05) is 48.5 Å². The van der Waals surface area contributed by atoms with E-state index in [0.29, 0.717) is 11.5 Å². The zero-order valence-corrected chi connectivity index (χ0v) is 23.1. The number of anilines is 2. The van der Waals surface area contributed by atoms with E-state index in [1.807, 2.05) is 54.9 Å². The van der Waals surface area contributed by atoms with Crippen molar-refractivity contribution in [1.82, 2.24) is 14.8 Å². The van der Waals surface area contributed by atoms with Gasteiger partial charge in [-0.05, 0) is 60.2 Å². The van der Waals surface area contributed by atoms with Crippen molar-refractivity contribution in [2.45, 2.75) is 46.5 Å². The van der Waals surface area contributed by atoms with Crippen molar-refractivity contribution in [2.24, 2.45) is 4.99 Å². The molecule has 0 aliphatic carbocycles. The lowest BCUT2D eigenvalue weighted by Gasteiger charge is -2.11. The van der Waals surface area contributed by atoms with E-state index in [1.54, 1.807) is 17.9 Å². The number of hydrogen-bond donors (Lipinski definition) is 2. The molecule has 0 unspecified atom stereocenters. The maximum Gasteiger partial charge on any atom is 0.324 e. The van der Waals surface area contributed by atoms with Crippen LogP contribution in [0.5, 0.6) is 0 Å². The lowest BCUT2D eigenvalue weighted by molar-refractivity contribution is 0.262. The number of hydrogen-bond acceptors (Lipinski definition) is 4. The van der Waals surface area contributed by atoms with Gasteiger partial charge in [-0.25, -0.2) is 9.48 Å². The highest BCUT2D eigenvalue weighted by molar-refractivity contribution is 5.99. The lowest BCUT2D eigenvalue weighted by atomic mass is 10.0. The Balaban J connectivity index is 1.55. The molecule has 0 saturated carbocycles. The smallest absolute Gasteiger partial charge is 0.308 e. The molecule has 7 nitrogen and oxygen atoms in total. The summed E-state index contributed by atoms with van der Waals surface area (Å²) in [6.45, 7) is 8.36. The van der Waals surface area contributed by atoms with Crippen LogP contribution in [0, 0.1) is 11.8 Å². The maximum atomic E-state index is 13.0. The summed E-state index contributed by atoms with van der Waals surface area (Å²) in [4.78, 5) is 21.5. The summed E-state index contributed by atoms with van der Waals surface area (Å²) < 4.78 is 1.78. The van der Waals surface area contributed by atoms with E-state index in [-0.39, 0.29) is 11.9 Å². The fourth-order valence-electron chi connectivity index (χ4n) is 4.15. The predicted molar refractivity (Wildman–Crippen MR) is 159 cm³/mol. The Labute approximate surface area is 230 Å². The largest absolute Gasteiger partial charge is 0.324 e. The van der Waals surface area contributed by atoms with Gasteiger partial charge in [0.15, 0.2) is 0 Å². The third-order valence-corrected chi connectivity index (χ3v) is 6.30. The van der Waals surface area contributed by atoms with Crippen LogP contribution >= 0.6 is 0 Å². The van der Waals surface area contributed by atoms with E-state index in [9.17, 15) is 4.79 Å². The number of aliphatic imine (C=N–C) groups is 1. The zero-order chi connectivity index (χ0) is 27.8. The van der Waals surface area contributed by atoms with E-state index in [4.69, 9.17) is 5.10 Å². The zero-order valence-electron chi connectivity index (χ0n) is 23.1. The normalized spacial score (nSPS) is 10.9. The van der Waals surface area contributed by atoms with E-state index >= 15 is 0 Å². The van der Waals surface area contributed by atoms with Gasteiger partial charge in [-0.3, -0.25) is 15.3 Å². The Morgan fingerprint density at radius 1 is 1.03 bits per heavy atom. The number of rotatable bonds is 7. The van der Waals surface area contributed by atoms with Gasteiger partial charge in [0.1, 0.15) is 5.82 Å². The Kier molecular flexibility index (Phi) is 8.90. The summed E-state index contributed by atoms with van der Waals surface area (Å²) in [6, 6.07) is 17.2. The molecule has 0 atom stereocenters. The second-order valence-electron chi connectivity index (χ2n) is 9.46. The molecule has 0 fully saturated rings. The number of nitrogens with one attached hydrogen (secondary N) is 2. The third kappa shape index (κ3) is 6.79. The minimum absolute atomic E-state index is 0.219. The molecule has 0 aliphatic rings. The number of aromatic nitrogens is 3. The molecule has 2 aromatic carbocycles. The molecule has 198 valence electrons. The van der Waals surface area contributed by atoms with Gasteiger partial charge >= 0.3 is 6.03 Å². The lowest BCUT2D eigenvalue weighted by Crippen LogP contribution is -2.21. The SMILES string of the molecule is CCc1cccc(-n2nc(C(C)C)cc2NC(=O)Nc2cccc(C#Cc3cncc(CC)c3C=NC)c2)c1. The molecule has 0 aliphatic heterocycles. The quantitative estimate of drug-likeness (QED) is 0.213. The van der Waals surface area contributed by atoms with Crippen LogP contribution in [-0.4, -0.2) is 34.1 Å². The molecular weight excluding hydrogens is 484 g/mol. The highest BCUT2D eigenvalue weighted by Crippen LogP contribution is 2.23. The van der Waals surface area contributed by atoms with Crippen LogP contribution in [0.3, 0.4) is 0 Å². The molecular formula is C32H34N6O. The van der Waals surface area contributed by atoms with Gasteiger partial charge in [0.2, 0.25) is 0 Å². The number of carbonyl (C=O) groups excluding carboxylic acids is 1. The molecule has 2 heterocycles. The standard InChI is InChI=1S/C32H34N6O/c1-6-23-10-9-13-28(17-23)38-31(18-30(37-38)22(3)4)36-32(39)35-27-12-8-11-24(16-27)14-15-26-20-34-19-25(7-2)29(26)21-33-5/h8-13,16-22H,6-7H2,1-5H3,(H2,35,36,39). The maximum absolute atomic E-state index is 13.0. The molecule has 7 heteroatoms. The molecule has 4 aromatic rings. The number of aryl methyl sites for hydroxylation is 2. The summed E-state index contributed by atoms with van der Waals surface area (Å²) in [5.74, 6) is 7.23. The van der Waals surface area contributed by atoms with E-state index in [0.717, 1.165) is 46.5 Å². The van der Waals surface area contributed by atoms with Crippen LogP contribution in [0.25, 0.3) is 5.69 Å². The number of benzene rings is 2. The summed E-state index contributed by atoms with van der Waals surface area (Å²) in [7, 11) is 1.75. The van der Waals surface area contributed by atoms with Crippen molar-refractivity contribution in [1.29, 1.82) is 0 Å². The van der Waals surface area contributed by atoms with Crippen molar-refractivity contribution in [3.63, 3.8) is 0 Å².